The third-order valence-electron chi connectivity index (χ3n) is 4.14. The van der Waals surface area contributed by atoms with Gasteiger partial charge in [-0.2, -0.15) is 0 Å². The van der Waals surface area contributed by atoms with Gasteiger partial charge in [-0.25, -0.2) is 4.39 Å². The lowest BCUT2D eigenvalue weighted by Gasteiger charge is -2.20. The number of aromatic nitrogens is 1. The largest absolute Gasteiger partial charge is 0.391 e. The molecule has 0 aliphatic carbocycles. The van der Waals surface area contributed by atoms with E-state index in [-0.39, 0.29) is 5.56 Å². The Morgan fingerprint density at radius 2 is 1.96 bits per heavy atom. The highest BCUT2D eigenvalue weighted by Crippen LogP contribution is 2.18. The molecule has 1 heterocycles. The predicted molar refractivity (Wildman–Crippen MR) is 94.8 cm³/mol. The van der Waals surface area contributed by atoms with Gasteiger partial charge in [0.2, 0.25) is 0 Å². The molecule has 4 nitrogen and oxygen atoms in total. The van der Waals surface area contributed by atoms with E-state index in [9.17, 15) is 14.3 Å². The second-order valence-electron chi connectivity index (χ2n) is 6.05. The van der Waals surface area contributed by atoms with Gasteiger partial charge in [-0.3, -0.25) is 9.78 Å². The van der Waals surface area contributed by atoms with Crippen molar-refractivity contribution in [2.24, 2.45) is 0 Å². The number of carbonyl (C=O) groups is 1. The van der Waals surface area contributed by atoms with E-state index in [2.05, 4.69) is 10.3 Å². The molecule has 0 bridgehead atoms. The van der Waals surface area contributed by atoms with Crippen LogP contribution in [0.1, 0.15) is 22.8 Å². The van der Waals surface area contributed by atoms with Crippen molar-refractivity contribution in [3.05, 3.63) is 77.7 Å². The van der Waals surface area contributed by atoms with Crippen molar-refractivity contribution < 1.29 is 14.3 Å². The summed E-state index contributed by atoms with van der Waals surface area (Å²) in [6.07, 6.45) is 1.23. The van der Waals surface area contributed by atoms with E-state index in [0.29, 0.717) is 17.3 Å². The summed E-state index contributed by atoms with van der Waals surface area (Å²) in [4.78, 5) is 16.7. The van der Waals surface area contributed by atoms with Gasteiger partial charge in [0.05, 0.1) is 23.2 Å². The highest BCUT2D eigenvalue weighted by atomic mass is 19.1. The van der Waals surface area contributed by atoms with Crippen molar-refractivity contribution in [1.29, 1.82) is 0 Å². The monoisotopic (exact) mass is 338 g/mol. The minimum absolute atomic E-state index is 0.161. The Hall–Kier alpha value is -2.79. The van der Waals surface area contributed by atoms with Crippen LogP contribution in [0, 0.1) is 5.82 Å². The summed E-state index contributed by atoms with van der Waals surface area (Å²) < 4.78 is 13.8. The van der Waals surface area contributed by atoms with Crippen LogP contribution >= 0.6 is 0 Å². The fourth-order valence-electron chi connectivity index (χ4n) is 2.74. The Bertz CT molecular complexity index is 883. The van der Waals surface area contributed by atoms with Crippen molar-refractivity contribution >= 4 is 16.8 Å². The van der Waals surface area contributed by atoms with Crippen LogP contribution in [-0.2, 0) is 6.42 Å². The number of hydrogen-bond donors (Lipinski definition) is 2. The van der Waals surface area contributed by atoms with Gasteiger partial charge in [0.25, 0.3) is 5.91 Å². The molecule has 5 heteroatoms. The highest BCUT2D eigenvalue weighted by Gasteiger charge is 2.20. The number of nitrogens with one attached hydrogen (secondary N) is 1. The number of rotatable bonds is 5. The molecule has 0 spiro atoms. The van der Waals surface area contributed by atoms with Crippen molar-refractivity contribution in [3.63, 3.8) is 0 Å². The second-order valence-corrected chi connectivity index (χ2v) is 6.05. The molecular weight excluding hydrogens is 319 g/mol. The van der Waals surface area contributed by atoms with Gasteiger partial charge in [0, 0.05) is 18.0 Å². The average molecular weight is 338 g/mol. The average Bonchev–Trinajstić information content (AvgIpc) is 2.61. The minimum Gasteiger partial charge on any atom is -0.391 e. The molecule has 0 saturated carbocycles. The summed E-state index contributed by atoms with van der Waals surface area (Å²) in [6, 6.07) is 15.0. The molecule has 2 N–H and O–H groups in total. The molecule has 128 valence electrons. The Morgan fingerprint density at radius 3 is 2.72 bits per heavy atom. The molecule has 0 saturated heterocycles. The third-order valence-corrected chi connectivity index (χ3v) is 4.14. The van der Waals surface area contributed by atoms with Crippen molar-refractivity contribution in [1.82, 2.24) is 10.3 Å². The number of carbonyl (C=O) groups excluding carboxylic acids is 1. The fraction of sp³-hybridized carbons (Fsp3) is 0.200. The van der Waals surface area contributed by atoms with E-state index in [4.69, 9.17) is 0 Å². The number of halogens is 1. The first-order valence-electron chi connectivity index (χ1n) is 8.11. The summed E-state index contributed by atoms with van der Waals surface area (Å²) in [7, 11) is 0. The number of aliphatic hydroxyl groups is 1. The number of nitrogens with zero attached hydrogens (tertiary/aromatic N) is 1. The smallest absolute Gasteiger partial charge is 0.253 e. The summed E-state index contributed by atoms with van der Waals surface area (Å²) >= 11 is 0. The molecule has 3 aromatic rings. The summed E-state index contributed by atoms with van der Waals surface area (Å²) in [5.74, 6) is -0.953. The van der Waals surface area contributed by atoms with Gasteiger partial charge in [-0.1, -0.05) is 36.4 Å². The Morgan fingerprint density at radius 1 is 1.20 bits per heavy atom. The molecular formula is C20H19FN2O2. The molecule has 2 aromatic carbocycles. The number of pyridine rings is 1. The van der Waals surface area contributed by atoms with Gasteiger partial charge in [0.15, 0.2) is 0 Å². The van der Waals surface area contributed by atoms with Crippen LogP contribution in [-0.4, -0.2) is 28.1 Å². The van der Waals surface area contributed by atoms with Crippen LogP contribution in [0.4, 0.5) is 4.39 Å². The van der Waals surface area contributed by atoms with Crippen LogP contribution in [0.2, 0.25) is 0 Å². The van der Waals surface area contributed by atoms with Gasteiger partial charge < -0.3 is 10.4 Å². The van der Waals surface area contributed by atoms with Gasteiger partial charge in [0.1, 0.15) is 5.82 Å². The summed E-state index contributed by atoms with van der Waals surface area (Å²) in [5, 5.41) is 13.6. The minimum atomic E-state index is -0.751. The number of aliphatic hydroxyl groups excluding tert-OH is 1. The maximum Gasteiger partial charge on any atom is 0.253 e. The molecule has 0 aliphatic heterocycles. The van der Waals surface area contributed by atoms with E-state index in [1.807, 2.05) is 30.3 Å². The molecule has 0 aliphatic rings. The zero-order valence-electron chi connectivity index (χ0n) is 13.8. The summed E-state index contributed by atoms with van der Waals surface area (Å²) in [5.41, 5.74) is 1.58. The van der Waals surface area contributed by atoms with Gasteiger partial charge in [-0.15, -0.1) is 0 Å². The summed E-state index contributed by atoms with van der Waals surface area (Å²) in [6.45, 7) is 1.72. The standard InChI is InChI=1S/C20H19FN2O2/c1-13(18(24)10-14-6-3-2-4-7-14)23-20(25)17-12-16(21)11-15-8-5-9-22-19(15)17/h2-9,11-13,18,24H,10H2,1H3,(H,23,25). The van der Waals surface area contributed by atoms with Crippen LogP contribution < -0.4 is 5.32 Å². The first-order valence-corrected chi connectivity index (χ1v) is 8.11. The SMILES string of the molecule is CC(NC(=O)c1cc(F)cc2cccnc12)C(O)Cc1ccccc1. The van der Waals surface area contributed by atoms with Crippen LogP contribution in [0.25, 0.3) is 10.9 Å². The van der Waals surface area contributed by atoms with Crippen LogP contribution in [0.5, 0.6) is 0 Å². The molecule has 3 rings (SSSR count). The van der Waals surface area contributed by atoms with Crippen LogP contribution in [0.3, 0.4) is 0 Å². The lowest BCUT2D eigenvalue weighted by molar-refractivity contribution is 0.0853. The lowest BCUT2D eigenvalue weighted by atomic mass is 10.0. The van der Waals surface area contributed by atoms with E-state index in [0.717, 1.165) is 5.56 Å². The van der Waals surface area contributed by atoms with E-state index in [1.165, 1.54) is 12.1 Å². The third kappa shape index (κ3) is 4.00. The zero-order valence-corrected chi connectivity index (χ0v) is 13.8. The Labute approximate surface area is 145 Å². The molecule has 25 heavy (non-hydrogen) atoms. The number of hydrogen-bond acceptors (Lipinski definition) is 3. The first kappa shape index (κ1) is 17.0. The number of amides is 1. The number of fused-ring (bicyclic) bond motifs is 1. The van der Waals surface area contributed by atoms with Crippen LogP contribution in [0.15, 0.2) is 60.8 Å². The van der Waals surface area contributed by atoms with E-state index >= 15 is 0 Å². The van der Waals surface area contributed by atoms with Gasteiger partial charge >= 0.3 is 0 Å². The highest BCUT2D eigenvalue weighted by molar-refractivity contribution is 6.05. The zero-order chi connectivity index (χ0) is 17.8. The van der Waals surface area contributed by atoms with Gasteiger partial charge in [-0.05, 0) is 30.7 Å². The van der Waals surface area contributed by atoms with Crippen molar-refractivity contribution in [2.75, 3.05) is 0 Å². The predicted octanol–water partition coefficient (Wildman–Crippen LogP) is 3.10. The lowest BCUT2D eigenvalue weighted by Crippen LogP contribution is -2.42. The molecule has 2 atom stereocenters. The fourth-order valence-corrected chi connectivity index (χ4v) is 2.74. The second kappa shape index (κ2) is 7.40. The maximum absolute atomic E-state index is 13.8. The Balaban J connectivity index is 1.76. The number of benzene rings is 2. The van der Waals surface area contributed by atoms with E-state index in [1.54, 1.807) is 25.3 Å². The normalized spacial score (nSPS) is 13.4. The van der Waals surface area contributed by atoms with Crippen molar-refractivity contribution in [2.45, 2.75) is 25.5 Å². The molecule has 1 aromatic heterocycles. The molecule has 0 fully saturated rings. The quantitative estimate of drug-likeness (QED) is 0.751. The first-order chi connectivity index (χ1) is 12.0. The molecule has 2 unspecified atom stereocenters. The maximum atomic E-state index is 13.8. The molecule has 0 radical (unpaired) electrons. The van der Waals surface area contributed by atoms with E-state index < -0.39 is 23.9 Å². The van der Waals surface area contributed by atoms with Crippen molar-refractivity contribution in [3.8, 4) is 0 Å². The molecule has 1 amide bonds. The Kier molecular flexibility index (Phi) is 5.05. The topological polar surface area (TPSA) is 62.2 Å².